The van der Waals surface area contributed by atoms with Crippen molar-refractivity contribution >= 4 is 41.3 Å². The van der Waals surface area contributed by atoms with Gasteiger partial charge in [-0.05, 0) is 53.7 Å². The Kier molecular flexibility index (Phi) is 8.59. The molecule has 0 fully saturated rings. The summed E-state index contributed by atoms with van der Waals surface area (Å²) in [4.78, 5) is 52.3. The lowest BCUT2D eigenvalue weighted by Gasteiger charge is -2.26. The molecule has 0 unspecified atom stereocenters. The first-order chi connectivity index (χ1) is 13.7. The molecule has 1 rings (SSSR count). The predicted molar refractivity (Wildman–Crippen MR) is 110 cm³/mol. The Labute approximate surface area is 180 Å². The average Bonchev–Trinajstić information content (AvgIpc) is 2.57. The van der Waals surface area contributed by atoms with Crippen LogP contribution in [0.5, 0.6) is 0 Å². The van der Waals surface area contributed by atoms with Crippen LogP contribution >= 0.6 is 11.6 Å². The normalized spacial score (nSPS) is 12.4. The first kappa shape index (κ1) is 25.2. The van der Waals surface area contributed by atoms with Crippen molar-refractivity contribution in [1.29, 1.82) is 0 Å². The molecule has 0 aliphatic carbocycles. The summed E-state index contributed by atoms with van der Waals surface area (Å²) in [5.74, 6) is -2.72. The molecule has 10 nitrogen and oxygen atoms in total. The van der Waals surface area contributed by atoms with Crippen LogP contribution in [-0.2, 0) is 23.9 Å². The van der Waals surface area contributed by atoms with Crippen LogP contribution in [0.2, 0.25) is 5.02 Å². The van der Waals surface area contributed by atoms with Gasteiger partial charge in [0.2, 0.25) is 0 Å². The number of nitrogens with one attached hydrogen (secondary N) is 3. The summed E-state index contributed by atoms with van der Waals surface area (Å²) in [6.45, 7) is 9.54. The van der Waals surface area contributed by atoms with E-state index in [2.05, 4.69) is 20.9 Å². The van der Waals surface area contributed by atoms with E-state index in [4.69, 9.17) is 21.1 Å². The fraction of sp³-hybridized carbons (Fsp3) is 0.526. The van der Waals surface area contributed by atoms with E-state index in [0.717, 1.165) is 0 Å². The van der Waals surface area contributed by atoms with Crippen LogP contribution in [0.1, 0.15) is 41.5 Å². The van der Waals surface area contributed by atoms with E-state index in [9.17, 15) is 19.2 Å². The van der Waals surface area contributed by atoms with Gasteiger partial charge in [0.25, 0.3) is 0 Å². The van der Waals surface area contributed by atoms with Crippen LogP contribution < -0.4 is 16.0 Å². The molecule has 1 aromatic heterocycles. The Hall–Kier alpha value is -2.88. The Balaban J connectivity index is 2.75. The van der Waals surface area contributed by atoms with Crippen LogP contribution in [0.4, 0.5) is 10.6 Å². The minimum absolute atomic E-state index is 0.120. The Bertz CT molecular complexity index is 784. The number of esters is 1. The molecule has 3 N–H and O–H groups in total. The largest absolute Gasteiger partial charge is 0.458 e. The number of hydrogen-bond acceptors (Lipinski definition) is 7. The van der Waals surface area contributed by atoms with Crippen molar-refractivity contribution in [2.24, 2.45) is 0 Å². The molecule has 1 aromatic rings. The van der Waals surface area contributed by atoms with Crippen molar-refractivity contribution in [3.8, 4) is 0 Å². The number of aromatic nitrogens is 1. The number of carbonyl (C=O) groups excluding carboxylic acids is 4. The number of nitrogens with zero attached hydrogens (tertiary/aromatic N) is 1. The highest BCUT2D eigenvalue weighted by Crippen LogP contribution is 2.11. The van der Waals surface area contributed by atoms with Crippen molar-refractivity contribution in [2.45, 2.75) is 58.8 Å². The summed E-state index contributed by atoms with van der Waals surface area (Å²) >= 11 is 5.71. The van der Waals surface area contributed by atoms with E-state index in [1.165, 1.54) is 18.3 Å². The van der Waals surface area contributed by atoms with Gasteiger partial charge in [0.05, 0.1) is 5.02 Å². The minimum atomic E-state index is -1.27. The number of pyridine rings is 1. The molecular weight excluding hydrogens is 416 g/mol. The van der Waals surface area contributed by atoms with Crippen molar-refractivity contribution in [3.63, 3.8) is 0 Å². The van der Waals surface area contributed by atoms with Crippen LogP contribution in [0.15, 0.2) is 18.3 Å². The lowest BCUT2D eigenvalue weighted by molar-refractivity contribution is -0.157. The molecule has 0 saturated carbocycles. The van der Waals surface area contributed by atoms with Crippen LogP contribution in [0.25, 0.3) is 0 Å². The van der Waals surface area contributed by atoms with Gasteiger partial charge in [0.1, 0.15) is 23.1 Å². The number of alkyl carbamates (subject to hydrolysis) is 1. The molecule has 0 radical (unpaired) electrons. The lowest BCUT2D eigenvalue weighted by Crippen LogP contribution is -2.52. The van der Waals surface area contributed by atoms with Gasteiger partial charge >= 0.3 is 23.9 Å². The van der Waals surface area contributed by atoms with E-state index in [0.29, 0.717) is 5.02 Å². The zero-order chi connectivity index (χ0) is 23.1. The van der Waals surface area contributed by atoms with E-state index in [1.54, 1.807) is 41.5 Å². The summed E-state index contributed by atoms with van der Waals surface area (Å²) in [5, 5.41) is 7.26. The number of hydrogen-bond donors (Lipinski definition) is 3. The van der Waals surface area contributed by atoms with Gasteiger partial charge in [-0.15, -0.1) is 0 Å². The second-order valence-corrected chi connectivity index (χ2v) is 8.69. The summed E-state index contributed by atoms with van der Waals surface area (Å²) < 4.78 is 10.4. The first-order valence-corrected chi connectivity index (χ1v) is 9.47. The highest BCUT2D eigenvalue weighted by atomic mass is 35.5. The molecule has 0 bridgehead atoms. The standard InChI is InChI=1S/C19H27ClN4O6/c1-18(2,3)29-16(27)12(23-17(28)30-19(4,5)6)10-22-14(25)15(26)24-13-8-7-11(20)9-21-13/h7-9,12H,10H2,1-6H3,(H,22,25)(H,23,28)(H,21,24,26)/t12-/m0/s1. The number of rotatable bonds is 5. The van der Waals surface area contributed by atoms with Crippen molar-refractivity contribution in [3.05, 3.63) is 23.4 Å². The molecule has 166 valence electrons. The molecule has 1 atom stereocenters. The third-order valence-electron chi connectivity index (χ3n) is 3.02. The molecule has 11 heteroatoms. The quantitative estimate of drug-likeness (QED) is 0.468. The monoisotopic (exact) mass is 442 g/mol. The van der Waals surface area contributed by atoms with Crippen LogP contribution in [0.3, 0.4) is 0 Å². The maximum absolute atomic E-state index is 12.4. The van der Waals surface area contributed by atoms with E-state index in [1.807, 2.05) is 0 Å². The molecule has 30 heavy (non-hydrogen) atoms. The molecule has 0 aliphatic heterocycles. The fourth-order valence-corrected chi connectivity index (χ4v) is 2.03. The van der Waals surface area contributed by atoms with Gasteiger partial charge < -0.3 is 25.4 Å². The highest BCUT2D eigenvalue weighted by molar-refractivity contribution is 6.39. The lowest BCUT2D eigenvalue weighted by atomic mass is 10.2. The molecule has 0 aliphatic rings. The zero-order valence-electron chi connectivity index (χ0n) is 17.8. The smallest absolute Gasteiger partial charge is 0.408 e. The van der Waals surface area contributed by atoms with Gasteiger partial charge in [-0.3, -0.25) is 9.59 Å². The molecule has 1 heterocycles. The fourth-order valence-electron chi connectivity index (χ4n) is 1.91. The maximum Gasteiger partial charge on any atom is 0.408 e. The second-order valence-electron chi connectivity index (χ2n) is 8.26. The summed E-state index contributed by atoms with van der Waals surface area (Å²) in [6.07, 6.45) is 0.431. The van der Waals surface area contributed by atoms with Gasteiger partial charge in [0, 0.05) is 12.7 Å². The van der Waals surface area contributed by atoms with Gasteiger partial charge in [-0.1, -0.05) is 11.6 Å². The molecule has 0 saturated heterocycles. The highest BCUT2D eigenvalue weighted by Gasteiger charge is 2.29. The predicted octanol–water partition coefficient (Wildman–Crippen LogP) is 2.02. The number of anilines is 1. The third kappa shape index (κ3) is 10.1. The Morgan fingerprint density at radius 1 is 1.00 bits per heavy atom. The number of ether oxygens (including phenoxy) is 2. The van der Waals surface area contributed by atoms with Gasteiger partial charge in [0.15, 0.2) is 0 Å². The first-order valence-electron chi connectivity index (χ1n) is 9.09. The van der Waals surface area contributed by atoms with Crippen molar-refractivity contribution < 1.29 is 28.7 Å². The zero-order valence-corrected chi connectivity index (χ0v) is 18.5. The SMILES string of the molecule is CC(C)(C)OC(=O)N[C@@H](CNC(=O)C(=O)Nc1ccc(Cl)cn1)C(=O)OC(C)(C)C. The Morgan fingerprint density at radius 3 is 2.10 bits per heavy atom. The van der Waals surface area contributed by atoms with E-state index in [-0.39, 0.29) is 5.82 Å². The summed E-state index contributed by atoms with van der Waals surface area (Å²) in [6, 6.07) is 1.64. The third-order valence-corrected chi connectivity index (χ3v) is 3.25. The number of halogens is 1. The van der Waals surface area contributed by atoms with Gasteiger partial charge in [-0.25, -0.2) is 14.6 Å². The minimum Gasteiger partial charge on any atom is -0.458 e. The van der Waals surface area contributed by atoms with E-state index < -0.39 is 47.7 Å². The van der Waals surface area contributed by atoms with Crippen molar-refractivity contribution in [1.82, 2.24) is 15.6 Å². The van der Waals surface area contributed by atoms with Crippen LogP contribution in [0, 0.1) is 0 Å². The number of amides is 3. The summed E-state index contributed by atoms with van der Waals surface area (Å²) in [7, 11) is 0. The van der Waals surface area contributed by atoms with E-state index >= 15 is 0 Å². The molecule has 0 aromatic carbocycles. The summed E-state index contributed by atoms with van der Waals surface area (Å²) in [5.41, 5.74) is -1.62. The van der Waals surface area contributed by atoms with Crippen LogP contribution in [-0.4, -0.2) is 52.6 Å². The van der Waals surface area contributed by atoms with Crippen molar-refractivity contribution in [2.75, 3.05) is 11.9 Å². The number of carbonyl (C=O) groups is 4. The topological polar surface area (TPSA) is 136 Å². The maximum atomic E-state index is 12.4. The second kappa shape index (κ2) is 10.2. The van der Waals surface area contributed by atoms with Gasteiger partial charge in [-0.2, -0.15) is 0 Å². The molecular formula is C19H27ClN4O6. The average molecular weight is 443 g/mol. The molecule has 3 amide bonds. The molecule has 0 spiro atoms. The Morgan fingerprint density at radius 2 is 1.60 bits per heavy atom.